The average Bonchev–Trinajstić information content (AvgIpc) is 3.12. The number of esters is 1. The molecular weight excluding hydrogens is 416 g/mol. The molecule has 0 bridgehead atoms. The van der Waals surface area contributed by atoms with Crippen molar-refractivity contribution in [2.24, 2.45) is 5.41 Å². The quantitative estimate of drug-likeness (QED) is 0.519. The van der Waals surface area contributed by atoms with Gasteiger partial charge in [-0.05, 0) is 81.7 Å². The van der Waals surface area contributed by atoms with E-state index in [0.717, 1.165) is 36.1 Å². The molecule has 174 valence electrons. The standard InChI is InChI=1S/C27H32N2O4/c1-4-32-26(31)21-11-12-27(17-21)13-14-29(23-8-6-5-7-20(23)16-27)25(30)19-9-10-22(28)24(15-19)33-18(2)3/h5-10,15,17-18H,4,11-14,16,28H2,1-3H3/t27-/m0/s1. The van der Waals surface area contributed by atoms with Crippen LogP contribution in [0.15, 0.2) is 54.1 Å². The first-order valence-electron chi connectivity index (χ1n) is 11.7. The number of hydrogen-bond acceptors (Lipinski definition) is 5. The van der Waals surface area contributed by atoms with E-state index in [9.17, 15) is 9.59 Å². The number of hydrogen-bond donors (Lipinski definition) is 1. The van der Waals surface area contributed by atoms with Crippen LogP contribution in [0.4, 0.5) is 11.4 Å². The van der Waals surface area contributed by atoms with E-state index >= 15 is 0 Å². The number of allylic oxidation sites excluding steroid dienone is 1. The Labute approximate surface area is 195 Å². The molecule has 1 atom stereocenters. The highest BCUT2D eigenvalue weighted by atomic mass is 16.5. The van der Waals surface area contributed by atoms with E-state index in [1.807, 2.05) is 43.9 Å². The van der Waals surface area contributed by atoms with Crippen LogP contribution < -0.4 is 15.4 Å². The van der Waals surface area contributed by atoms with E-state index in [1.165, 1.54) is 0 Å². The summed E-state index contributed by atoms with van der Waals surface area (Å²) in [4.78, 5) is 27.8. The minimum absolute atomic E-state index is 0.0424. The van der Waals surface area contributed by atoms with Gasteiger partial charge in [0.2, 0.25) is 0 Å². The smallest absolute Gasteiger partial charge is 0.333 e. The van der Waals surface area contributed by atoms with Crippen molar-refractivity contribution < 1.29 is 19.1 Å². The lowest BCUT2D eigenvalue weighted by Gasteiger charge is -2.26. The normalized spacial score (nSPS) is 19.8. The number of amides is 1. The van der Waals surface area contributed by atoms with Crippen molar-refractivity contribution in [3.63, 3.8) is 0 Å². The molecule has 0 saturated heterocycles. The largest absolute Gasteiger partial charge is 0.489 e. The van der Waals surface area contributed by atoms with Crippen molar-refractivity contribution in [1.29, 1.82) is 0 Å². The number of fused-ring (bicyclic) bond motifs is 1. The summed E-state index contributed by atoms with van der Waals surface area (Å²) in [6.07, 6.45) is 5.22. The predicted molar refractivity (Wildman–Crippen MR) is 129 cm³/mol. The monoisotopic (exact) mass is 448 g/mol. The third-order valence-electron chi connectivity index (χ3n) is 6.44. The SMILES string of the molecule is CCOC(=O)C1=C[C@@]2(CC1)CCN(C(=O)c1ccc(N)c(OC(C)C)c1)c1ccccc1C2. The van der Waals surface area contributed by atoms with Crippen molar-refractivity contribution in [1.82, 2.24) is 0 Å². The Morgan fingerprint density at radius 3 is 2.70 bits per heavy atom. The number of para-hydroxylation sites is 1. The number of nitrogens with zero attached hydrogens (tertiary/aromatic N) is 1. The summed E-state index contributed by atoms with van der Waals surface area (Å²) in [5, 5.41) is 0. The molecule has 1 aliphatic heterocycles. The van der Waals surface area contributed by atoms with Crippen LogP contribution >= 0.6 is 0 Å². The molecular formula is C27H32N2O4. The summed E-state index contributed by atoms with van der Waals surface area (Å²) < 4.78 is 11.0. The van der Waals surface area contributed by atoms with Gasteiger partial charge in [-0.3, -0.25) is 4.79 Å². The second-order valence-corrected chi connectivity index (χ2v) is 9.18. The third-order valence-corrected chi connectivity index (χ3v) is 6.44. The molecule has 1 aliphatic carbocycles. The zero-order valence-electron chi connectivity index (χ0n) is 19.6. The number of carbonyl (C=O) groups excluding carboxylic acids is 2. The molecule has 2 aliphatic rings. The Morgan fingerprint density at radius 2 is 1.94 bits per heavy atom. The summed E-state index contributed by atoms with van der Waals surface area (Å²) >= 11 is 0. The van der Waals surface area contributed by atoms with Gasteiger partial charge in [0.1, 0.15) is 5.75 Å². The van der Waals surface area contributed by atoms with Crippen LogP contribution in [0.25, 0.3) is 0 Å². The maximum atomic E-state index is 13.7. The molecule has 2 aromatic carbocycles. The molecule has 2 aromatic rings. The molecule has 0 saturated carbocycles. The molecule has 1 spiro atoms. The topological polar surface area (TPSA) is 81.9 Å². The maximum absolute atomic E-state index is 13.7. The van der Waals surface area contributed by atoms with E-state index < -0.39 is 0 Å². The first-order valence-corrected chi connectivity index (χ1v) is 11.7. The van der Waals surface area contributed by atoms with Crippen LogP contribution in [0.1, 0.15) is 56.0 Å². The van der Waals surface area contributed by atoms with Crippen LogP contribution in [0, 0.1) is 5.41 Å². The molecule has 0 aromatic heterocycles. The number of rotatable bonds is 5. The molecule has 1 amide bonds. The molecule has 1 heterocycles. The number of ether oxygens (including phenoxy) is 2. The number of benzene rings is 2. The van der Waals surface area contributed by atoms with Gasteiger partial charge in [-0.25, -0.2) is 4.79 Å². The lowest BCUT2D eigenvalue weighted by atomic mass is 9.79. The zero-order chi connectivity index (χ0) is 23.6. The van der Waals surface area contributed by atoms with E-state index in [4.69, 9.17) is 15.2 Å². The van der Waals surface area contributed by atoms with E-state index in [2.05, 4.69) is 12.1 Å². The highest BCUT2D eigenvalue weighted by Gasteiger charge is 2.39. The van der Waals surface area contributed by atoms with Crippen molar-refractivity contribution in [3.05, 3.63) is 65.2 Å². The molecule has 0 fully saturated rings. The highest BCUT2D eigenvalue weighted by molar-refractivity contribution is 6.07. The molecule has 2 N–H and O–H groups in total. The van der Waals surface area contributed by atoms with Crippen molar-refractivity contribution in [2.75, 3.05) is 23.8 Å². The highest BCUT2D eigenvalue weighted by Crippen LogP contribution is 2.46. The van der Waals surface area contributed by atoms with Gasteiger partial charge in [-0.2, -0.15) is 0 Å². The van der Waals surface area contributed by atoms with Gasteiger partial charge < -0.3 is 20.1 Å². The second-order valence-electron chi connectivity index (χ2n) is 9.18. The fourth-order valence-electron chi connectivity index (χ4n) is 4.86. The van der Waals surface area contributed by atoms with Crippen molar-refractivity contribution in [3.8, 4) is 5.75 Å². The number of nitrogen functional groups attached to an aromatic ring is 1. The first-order chi connectivity index (χ1) is 15.8. The molecule has 0 unspecified atom stereocenters. The Hall–Kier alpha value is -3.28. The first kappa shape index (κ1) is 22.9. The fourth-order valence-corrected chi connectivity index (χ4v) is 4.86. The molecule has 33 heavy (non-hydrogen) atoms. The van der Waals surface area contributed by atoms with Crippen LogP contribution in [0.3, 0.4) is 0 Å². The van der Waals surface area contributed by atoms with Gasteiger partial charge >= 0.3 is 5.97 Å². The van der Waals surface area contributed by atoms with Crippen molar-refractivity contribution in [2.45, 2.75) is 52.6 Å². The van der Waals surface area contributed by atoms with E-state index in [1.54, 1.807) is 18.2 Å². The summed E-state index contributed by atoms with van der Waals surface area (Å²) in [6.45, 7) is 6.62. The number of carbonyl (C=O) groups is 2. The van der Waals surface area contributed by atoms with Gasteiger partial charge in [0, 0.05) is 23.4 Å². The number of anilines is 2. The molecule has 4 rings (SSSR count). The van der Waals surface area contributed by atoms with Crippen LogP contribution in [0.2, 0.25) is 0 Å². The lowest BCUT2D eigenvalue weighted by Crippen LogP contribution is -2.33. The zero-order valence-corrected chi connectivity index (χ0v) is 19.6. The average molecular weight is 449 g/mol. The summed E-state index contributed by atoms with van der Waals surface area (Å²) in [5.41, 5.74) is 9.74. The fraction of sp³-hybridized carbons (Fsp3) is 0.407. The Kier molecular flexibility index (Phi) is 6.45. The minimum atomic E-state index is -0.223. The van der Waals surface area contributed by atoms with Crippen LogP contribution in [-0.2, 0) is 16.0 Å². The van der Waals surface area contributed by atoms with Gasteiger partial charge in [0.15, 0.2) is 0 Å². The second kappa shape index (κ2) is 9.30. The Morgan fingerprint density at radius 1 is 1.15 bits per heavy atom. The van der Waals surface area contributed by atoms with Gasteiger partial charge in [0.05, 0.1) is 18.4 Å². The van der Waals surface area contributed by atoms with Gasteiger partial charge in [0.25, 0.3) is 5.91 Å². The Balaban J connectivity index is 1.65. The lowest BCUT2D eigenvalue weighted by molar-refractivity contribution is -0.138. The molecule has 0 radical (unpaired) electrons. The van der Waals surface area contributed by atoms with Crippen LogP contribution in [0.5, 0.6) is 5.75 Å². The molecule has 6 heteroatoms. The number of nitrogens with two attached hydrogens (primary N) is 1. The maximum Gasteiger partial charge on any atom is 0.333 e. The van der Waals surface area contributed by atoms with Gasteiger partial charge in [-0.15, -0.1) is 0 Å². The van der Waals surface area contributed by atoms with Crippen molar-refractivity contribution >= 4 is 23.3 Å². The van der Waals surface area contributed by atoms with Crippen LogP contribution in [-0.4, -0.2) is 31.1 Å². The summed E-state index contributed by atoms with van der Waals surface area (Å²) in [6, 6.07) is 13.2. The predicted octanol–water partition coefficient (Wildman–Crippen LogP) is 4.92. The van der Waals surface area contributed by atoms with E-state index in [-0.39, 0.29) is 23.4 Å². The summed E-state index contributed by atoms with van der Waals surface area (Å²) in [7, 11) is 0. The minimum Gasteiger partial charge on any atom is -0.489 e. The molecule has 6 nitrogen and oxygen atoms in total. The summed E-state index contributed by atoms with van der Waals surface area (Å²) in [5.74, 6) is 0.216. The van der Waals surface area contributed by atoms with E-state index in [0.29, 0.717) is 36.6 Å². The Bertz CT molecular complexity index is 1090. The third kappa shape index (κ3) is 4.75. The van der Waals surface area contributed by atoms with Gasteiger partial charge in [-0.1, -0.05) is 24.3 Å².